The number of hydrogen-bond donors (Lipinski definition) is 0. The molecule has 0 bridgehead atoms. The molecule has 0 spiro atoms. The van der Waals surface area contributed by atoms with Crippen LogP contribution < -0.4 is 5.30 Å². The molecule has 2 rings (SSSR count). The zero-order chi connectivity index (χ0) is 8.88. The van der Waals surface area contributed by atoms with Gasteiger partial charge in [0.05, 0.1) is 0 Å². The molecular formula is C9H11OPS. The molecule has 0 saturated heterocycles. The van der Waals surface area contributed by atoms with E-state index in [1.54, 1.807) is 11.3 Å². The molecule has 1 aliphatic rings. The second-order valence-corrected chi connectivity index (χ2v) is 5.23. The molecule has 0 radical (unpaired) electrons. The Kier molecular flexibility index (Phi) is 1.85. The van der Waals surface area contributed by atoms with Crippen LogP contribution in [0.5, 0.6) is 0 Å². The first kappa shape index (κ1) is 8.40. The molecule has 1 nitrogen and oxygen atoms in total. The second kappa shape index (κ2) is 2.65. The topological polar surface area (TPSA) is 17.1 Å². The maximum absolute atomic E-state index is 11.6. The first-order valence-electron chi connectivity index (χ1n) is 4.03. The molecule has 2 unspecified atom stereocenters. The Morgan fingerprint density at radius 1 is 1.58 bits per heavy atom. The van der Waals surface area contributed by atoms with Crippen LogP contribution >= 0.6 is 20.6 Å². The van der Waals surface area contributed by atoms with Crippen LogP contribution in [0.3, 0.4) is 0 Å². The number of thiophene rings is 1. The Hall–Kier alpha value is -0.200. The zero-order valence-corrected chi connectivity index (χ0v) is 9.15. The maximum atomic E-state index is 11.6. The fraction of sp³-hybridized carbons (Fsp3) is 0.444. The Morgan fingerprint density at radius 2 is 2.25 bits per heavy atom. The van der Waals surface area contributed by atoms with E-state index in [2.05, 4.69) is 16.2 Å². The van der Waals surface area contributed by atoms with E-state index in [0.29, 0.717) is 5.78 Å². The molecule has 1 aromatic rings. The van der Waals surface area contributed by atoms with Gasteiger partial charge in [0.2, 0.25) is 0 Å². The van der Waals surface area contributed by atoms with Gasteiger partial charge in [-0.3, -0.25) is 4.79 Å². The van der Waals surface area contributed by atoms with Gasteiger partial charge in [0, 0.05) is 21.2 Å². The lowest BCUT2D eigenvalue weighted by molar-refractivity contribution is 0.0947. The molecule has 0 fully saturated rings. The fourth-order valence-electron chi connectivity index (χ4n) is 1.65. The van der Waals surface area contributed by atoms with Crippen molar-refractivity contribution < 1.29 is 4.79 Å². The van der Waals surface area contributed by atoms with Crippen molar-refractivity contribution in [2.75, 3.05) is 0 Å². The summed E-state index contributed by atoms with van der Waals surface area (Å²) in [6.45, 7) is 4.08. The van der Waals surface area contributed by atoms with Crippen LogP contribution in [0.15, 0.2) is 0 Å². The number of Topliss-reactive ketones (excluding diaryl/α,β-unsaturated/α-hetero) is 1. The molecule has 0 aromatic carbocycles. The Morgan fingerprint density at radius 3 is 2.83 bits per heavy atom. The quantitative estimate of drug-likeness (QED) is 0.582. The highest BCUT2D eigenvalue weighted by Crippen LogP contribution is 2.32. The highest BCUT2D eigenvalue weighted by Gasteiger charge is 2.31. The first-order valence-corrected chi connectivity index (χ1v) is 5.42. The predicted octanol–water partition coefficient (Wildman–Crippen LogP) is 1.93. The lowest BCUT2D eigenvalue weighted by Gasteiger charge is -1.98. The van der Waals surface area contributed by atoms with E-state index in [9.17, 15) is 4.79 Å². The molecule has 64 valence electrons. The maximum Gasteiger partial charge on any atom is 0.167 e. The van der Waals surface area contributed by atoms with Crippen molar-refractivity contribution in [3.63, 3.8) is 0 Å². The average molecular weight is 198 g/mol. The summed E-state index contributed by atoms with van der Waals surface area (Å²) < 4.78 is 0. The van der Waals surface area contributed by atoms with E-state index in [1.807, 2.05) is 6.92 Å². The van der Waals surface area contributed by atoms with Gasteiger partial charge in [-0.1, -0.05) is 6.92 Å². The number of ketones is 1. The zero-order valence-electron chi connectivity index (χ0n) is 7.18. The number of carbonyl (C=O) groups is 1. The van der Waals surface area contributed by atoms with Gasteiger partial charge in [0.1, 0.15) is 0 Å². The molecule has 1 heterocycles. The molecular weight excluding hydrogens is 187 g/mol. The summed E-state index contributed by atoms with van der Waals surface area (Å²) in [5, 5.41) is 1.13. The van der Waals surface area contributed by atoms with Crippen LogP contribution in [0, 0.1) is 12.8 Å². The summed E-state index contributed by atoms with van der Waals surface area (Å²) in [5.41, 5.74) is 0.995. The first-order chi connectivity index (χ1) is 5.61. The van der Waals surface area contributed by atoms with E-state index < -0.39 is 0 Å². The van der Waals surface area contributed by atoms with E-state index in [4.69, 9.17) is 0 Å². The molecule has 1 aliphatic carbocycles. The summed E-state index contributed by atoms with van der Waals surface area (Å²) in [7, 11) is 2.68. The smallest absolute Gasteiger partial charge is 0.167 e. The molecule has 2 atom stereocenters. The van der Waals surface area contributed by atoms with E-state index in [0.717, 1.165) is 17.3 Å². The highest BCUT2D eigenvalue weighted by atomic mass is 32.1. The summed E-state index contributed by atoms with van der Waals surface area (Å²) >= 11 is 1.77. The van der Waals surface area contributed by atoms with Crippen molar-refractivity contribution in [2.24, 2.45) is 5.92 Å². The summed E-state index contributed by atoms with van der Waals surface area (Å²) in [5.74, 6) is 0.547. The average Bonchev–Trinajstić information content (AvgIpc) is 2.40. The minimum Gasteiger partial charge on any atom is -0.294 e. The van der Waals surface area contributed by atoms with Gasteiger partial charge in [-0.25, -0.2) is 0 Å². The van der Waals surface area contributed by atoms with Crippen LogP contribution in [0.25, 0.3) is 0 Å². The van der Waals surface area contributed by atoms with Crippen molar-refractivity contribution >= 4 is 31.7 Å². The van der Waals surface area contributed by atoms with Crippen LogP contribution in [-0.2, 0) is 6.42 Å². The van der Waals surface area contributed by atoms with Crippen molar-refractivity contribution in [1.29, 1.82) is 0 Å². The summed E-state index contributed by atoms with van der Waals surface area (Å²) in [6, 6.07) is 0. The number of fused-ring (bicyclic) bond motifs is 1. The normalized spacial score (nSPS) is 21.6. The minimum absolute atomic E-state index is 0.214. The van der Waals surface area contributed by atoms with Crippen LogP contribution in [0.1, 0.15) is 27.0 Å². The minimum atomic E-state index is 0.214. The predicted molar refractivity (Wildman–Crippen MR) is 55.6 cm³/mol. The summed E-state index contributed by atoms with van der Waals surface area (Å²) in [6.07, 6.45) is 0.952. The van der Waals surface area contributed by atoms with Crippen molar-refractivity contribution in [2.45, 2.75) is 20.3 Å². The molecule has 0 aliphatic heterocycles. The van der Waals surface area contributed by atoms with Crippen molar-refractivity contribution in [1.82, 2.24) is 0 Å². The summed E-state index contributed by atoms with van der Waals surface area (Å²) in [4.78, 5) is 14.2. The molecule has 0 saturated carbocycles. The third-order valence-electron chi connectivity index (χ3n) is 2.39. The monoisotopic (exact) mass is 198 g/mol. The lowest BCUT2D eigenvalue weighted by atomic mass is 10.1. The van der Waals surface area contributed by atoms with Crippen LogP contribution in [0.2, 0.25) is 0 Å². The van der Waals surface area contributed by atoms with Gasteiger partial charge >= 0.3 is 0 Å². The molecule has 1 aromatic heterocycles. The van der Waals surface area contributed by atoms with Gasteiger partial charge in [-0.2, -0.15) is 0 Å². The van der Waals surface area contributed by atoms with Gasteiger partial charge in [-0.15, -0.1) is 20.6 Å². The van der Waals surface area contributed by atoms with Crippen LogP contribution in [-0.4, -0.2) is 5.78 Å². The Balaban J connectivity index is 2.61. The molecule has 0 amide bonds. The molecule has 3 heteroatoms. The van der Waals surface area contributed by atoms with Crippen molar-refractivity contribution in [3.05, 3.63) is 15.3 Å². The molecule has 12 heavy (non-hydrogen) atoms. The highest BCUT2D eigenvalue weighted by molar-refractivity contribution is 7.30. The van der Waals surface area contributed by atoms with E-state index in [1.165, 1.54) is 9.75 Å². The number of carbonyl (C=O) groups excluding carboxylic acids is 1. The largest absolute Gasteiger partial charge is 0.294 e. The van der Waals surface area contributed by atoms with Gasteiger partial charge in [0.15, 0.2) is 5.78 Å². The third-order valence-corrected chi connectivity index (χ3v) is 4.46. The Labute approximate surface area is 78.4 Å². The van der Waals surface area contributed by atoms with Gasteiger partial charge in [-0.05, 0) is 18.6 Å². The van der Waals surface area contributed by atoms with Crippen LogP contribution in [0.4, 0.5) is 0 Å². The van der Waals surface area contributed by atoms with E-state index in [-0.39, 0.29) is 5.92 Å². The van der Waals surface area contributed by atoms with E-state index >= 15 is 0 Å². The second-order valence-electron chi connectivity index (χ2n) is 3.34. The Bertz CT molecular complexity index is 354. The fourth-order valence-corrected chi connectivity index (χ4v) is 3.47. The number of hydrogen-bond acceptors (Lipinski definition) is 2. The SMILES string of the molecule is Cc1sc2c(c1P)C(=O)C(C)C2. The van der Waals surface area contributed by atoms with Crippen molar-refractivity contribution in [3.8, 4) is 0 Å². The standard InChI is InChI=1S/C9H11OPS/c1-4-3-6-7(8(4)10)9(11)5(2)12-6/h4H,3,11H2,1-2H3. The molecule has 0 N–H and O–H groups in total. The van der Waals surface area contributed by atoms with Gasteiger partial charge in [0.25, 0.3) is 0 Å². The number of rotatable bonds is 0. The lowest BCUT2D eigenvalue weighted by Crippen LogP contribution is -2.10. The number of aryl methyl sites for hydroxylation is 1. The third kappa shape index (κ3) is 0.982. The van der Waals surface area contributed by atoms with Gasteiger partial charge < -0.3 is 0 Å².